The van der Waals surface area contributed by atoms with Crippen molar-refractivity contribution in [3.05, 3.63) is 76.1 Å². The number of nitrogens with zero attached hydrogens (tertiary/aromatic N) is 4. The van der Waals surface area contributed by atoms with Crippen molar-refractivity contribution in [2.24, 2.45) is 0 Å². The number of ether oxygens (including phenoxy) is 2. The first kappa shape index (κ1) is 27.2. The molecule has 0 saturated heterocycles. The van der Waals surface area contributed by atoms with Gasteiger partial charge in [0.15, 0.2) is 5.75 Å². The normalized spacial score (nSPS) is 11.6. The van der Waals surface area contributed by atoms with Crippen LogP contribution >= 0.6 is 11.6 Å². The molecule has 8 nitrogen and oxygen atoms in total. The molecule has 0 aliphatic rings. The Morgan fingerprint density at radius 3 is 2.42 bits per heavy atom. The van der Waals surface area contributed by atoms with Crippen molar-refractivity contribution >= 4 is 27.6 Å². The number of sulfonamides is 1. The first-order valence-corrected chi connectivity index (χ1v) is 13.6. The van der Waals surface area contributed by atoms with Crippen molar-refractivity contribution in [1.29, 1.82) is 5.26 Å². The van der Waals surface area contributed by atoms with Gasteiger partial charge in [-0.05, 0) is 47.9 Å². The fourth-order valence-electron chi connectivity index (χ4n) is 3.44. The van der Waals surface area contributed by atoms with E-state index in [0.717, 1.165) is 28.1 Å². The van der Waals surface area contributed by atoms with Crippen molar-refractivity contribution < 1.29 is 17.9 Å². The van der Waals surface area contributed by atoms with Crippen LogP contribution in [0, 0.1) is 11.3 Å². The average molecular weight is 529 g/mol. The monoisotopic (exact) mass is 528 g/mol. The maximum Gasteiger partial charge on any atom is 0.239 e. The van der Waals surface area contributed by atoms with Gasteiger partial charge in [-0.15, -0.1) is 0 Å². The summed E-state index contributed by atoms with van der Waals surface area (Å²) >= 11 is 6.48. The lowest BCUT2D eigenvalue weighted by molar-refractivity contribution is 0.301. The smallest absolute Gasteiger partial charge is 0.239 e. The van der Waals surface area contributed by atoms with Crippen molar-refractivity contribution in [3.8, 4) is 17.6 Å². The molecule has 0 aliphatic carbocycles. The average Bonchev–Trinajstić information content (AvgIpc) is 2.85. The third kappa shape index (κ3) is 6.25. The van der Waals surface area contributed by atoms with Gasteiger partial charge in [0.1, 0.15) is 18.4 Å². The van der Waals surface area contributed by atoms with E-state index in [1.165, 1.54) is 13.2 Å². The minimum absolute atomic E-state index is 0.0807. The van der Waals surface area contributed by atoms with Crippen molar-refractivity contribution in [2.75, 3.05) is 24.2 Å². The Hall–Kier alpha value is -3.35. The predicted molar refractivity (Wildman–Crippen MR) is 140 cm³/mol. The van der Waals surface area contributed by atoms with Crippen LogP contribution in [0.25, 0.3) is 0 Å². The highest BCUT2D eigenvalue weighted by atomic mass is 35.5. The Morgan fingerprint density at radius 2 is 1.81 bits per heavy atom. The molecular formula is C26H29ClN4O4S. The Labute approximate surface area is 217 Å². The summed E-state index contributed by atoms with van der Waals surface area (Å²) in [6, 6.07) is 15.2. The van der Waals surface area contributed by atoms with Gasteiger partial charge in [-0.3, -0.25) is 0 Å². The number of aromatic nitrogens is 2. The second-order valence-corrected chi connectivity index (χ2v) is 11.2. The number of halogens is 1. The van der Waals surface area contributed by atoms with Crippen molar-refractivity contribution in [3.63, 3.8) is 0 Å². The first-order valence-electron chi connectivity index (χ1n) is 11.3. The molecular weight excluding hydrogens is 500 g/mol. The van der Waals surface area contributed by atoms with Gasteiger partial charge in [0, 0.05) is 18.7 Å². The van der Waals surface area contributed by atoms with Crippen LogP contribution in [-0.4, -0.2) is 38.3 Å². The summed E-state index contributed by atoms with van der Waals surface area (Å²) < 4.78 is 36.0. The van der Waals surface area contributed by atoms with E-state index in [-0.39, 0.29) is 12.6 Å². The summed E-state index contributed by atoms with van der Waals surface area (Å²) in [7, 11) is -2.06. The molecule has 0 atom stereocenters. The zero-order valence-corrected chi connectivity index (χ0v) is 22.5. The van der Waals surface area contributed by atoms with E-state index in [1.807, 2.05) is 43.3 Å². The Bertz CT molecular complexity index is 1370. The molecule has 2 aromatic carbocycles. The van der Waals surface area contributed by atoms with E-state index in [1.54, 1.807) is 6.07 Å². The van der Waals surface area contributed by atoms with Crippen LogP contribution in [0.15, 0.2) is 48.7 Å². The number of anilines is 1. The predicted octanol–water partition coefficient (Wildman–Crippen LogP) is 5.09. The largest absolute Gasteiger partial charge is 0.491 e. The van der Waals surface area contributed by atoms with E-state index < -0.39 is 15.4 Å². The summed E-state index contributed by atoms with van der Waals surface area (Å²) in [4.78, 5) is 8.27. The third-order valence-electron chi connectivity index (χ3n) is 5.78. The molecule has 190 valence electrons. The molecule has 0 spiro atoms. The number of rotatable bonds is 10. The molecule has 0 bridgehead atoms. The van der Waals surface area contributed by atoms with Gasteiger partial charge in [-0.25, -0.2) is 22.7 Å². The first-order chi connectivity index (χ1) is 17.0. The standard InChI is InChI=1S/C26H29ClN4O4S/c1-6-13-34-24-18(16-28)14-20(15-23(24)27)26(2,3)19-7-9-22(10-8-19)35-17-21-11-12-29-25(30-21)31(4)36(5,32)33/h7-12,14-15H,6,13,17H2,1-5H3. The highest BCUT2D eigenvalue weighted by Gasteiger charge is 2.26. The van der Waals surface area contributed by atoms with E-state index in [4.69, 9.17) is 21.1 Å². The third-order valence-corrected chi connectivity index (χ3v) is 7.22. The van der Waals surface area contributed by atoms with Crippen LogP contribution in [0.1, 0.15) is 49.6 Å². The Kier molecular flexibility index (Phi) is 8.43. The van der Waals surface area contributed by atoms with Gasteiger partial charge in [-0.1, -0.05) is 44.5 Å². The topological polar surface area (TPSA) is 105 Å². The Balaban J connectivity index is 1.76. The zero-order chi connectivity index (χ0) is 26.5. The summed E-state index contributed by atoms with van der Waals surface area (Å²) in [5.41, 5.74) is 2.42. The van der Waals surface area contributed by atoms with Gasteiger partial charge in [0.2, 0.25) is 16.0 Å². The molecule has 36 heavy (non-hydrogen) atoms. The molecule has 0 amide bonds. The molecule has 3 aromatic rings. The highest BCUT2D eigenvalue weighted by molar-refractivity contribution is 7.92. The van der Waals surface area contributed by atoms with Crippen LogP contribution in [0.4, 0.5) is 5.95 Å². The number of hydrogen-bond acceptors (Lipinski definition) is 7. The number of nitriles is 1. The summed E-state index contributed by atoms with van der Waals surface area (Å²) in [6.07, 6.45) is 3.40. The fourth-order valence-corrected chi connectivity index (χ4v) is 4.10. The SMILES string of the molecule is CCCOc1c(Cl)cc(C(C)(C)c2ccc(OCc3ccnc(N(C)S(C)(=O)=O)n3)cc2)cc1C#N. The molecule has 0 N–H and O–H groups in total. The second kappa shape index (κ2) is 11.1. The quantitative estimate of drug-likeness (QED) is 0.361. The van der Waals surface area contributed by atoms with Gasteiger partial charge >= 0.3 is 0 Å². The van der Waals surface area contributed by atoms with E-state index in [9.17, 15) is 13.7 Å². The lowest BCUT2D eigenvalue weighted by atomic mass is 9.77. The zero-order valence-electron chi connectivity index (χ0n) is 20.9. The molecule has 0 aliphatic heterocycles. The summed E-state index contributed by atoms with van der Waals surface area (Å²) in [5, 5.41) is 10.0. The van der Waals surface area contributed by atoms with Gasteiger partial charge in [0.05, 0.1) is 29.1 Å². The van der Waals surface area contributed by atoms with E-state index in [0.29, 0.717) is 34.4 Å². The highest BCUT2D eigenvalue weighted by Crippen LogP contribution is 2.38. The lowest BCUT2D eigenvalue weighted by Gasteiger charge is -2.27. The van der Waals surface area contributed by atoms with Crippen molar-refractivity contribution in [2.45, 2.75) is 39.2 Å². The fraction of sp³-hybridized carbons (Fsp3) is 0.346. The van der Waals surface area contributed by atoms with Crippen LogP contribution in [0.2, 0.25) is 5.02 Å². The molecule has 0 unspecified atom stereocenters. The maximum absolute atomic E-state index is 11.7. The second-order valence-electron chi connectivity index (χ2n) is 8.81. The van der Waals surface area contributed by atoms with Crippen LogP contribution < -0.4 is 13.8 Å². The van der Waals surface area contributed by atoms with E-state index in [2.05, 4.69) is 29.9 Å². The van der Waals surface area contributed by atoms with Gasteiger partial charge in [-0.2, -0.15) is 5.26 Å². The molecule has 10 heteroatoms. The summed E-state index contributed by atoms with van der Waals surface area (Å²) in [6.45, 7) is 6.75. The maximum atomic E-state index is 11.7. The van der Waals surface area contributed by atoms with Crippen LogP contribution in [0.5, 0.6) is 11.5 Å². The minimum atomic E-state index is -3.46. The van der Waals surface area contributed by atoms with Gasteiger partial charge in [0.25, 0.3) is 0 Å². The minimum Gasteiger partial charge on any atom is -0.491 e. The Morgan fingerprint density at radius 1 is 1.11 bits per heavy atom. The molecule has 1 heterocycles. The molecule has 1 aromatic heterocycles. The number of hydrogen-bond donors (Lipinski definition) is 0. The van der Waals surface area contributed by atoms with Crippen LogP contribution in [-0.2, 0) is 22.0 Å². The van der Waals surface area contributed by atoms with E-state index >= 15 is 0 Å². The lowest BCUT2D eigenvalue weighted by Crippen LogP contribution is -2.27. The molecule has 0 saturated carbocycles. The summed E-state index contributed by atoms with van der Waals surface area (Å²) in [5.74, 6) is 1.13. The van der Waals surface area contributed by atoms with Gasteiger partial charge < -0.3 is 9.47 Å². The molecule has 0 radical (unpaired) electrons. The van der Waals surface area contributed by atoms with Crippen LogP contribution in [0.3, 0.4) is 0 Å². The number of benzene rings is 2. The molecule has 3 rings (SSSR count). The molecule has 0 fully saturated rings. The van der Waals surface area contributed by atoms with Crippen molar-refractivity contribution in [1.82, 2.24) is 9.97 Å².